The van der Waals surface area contributed by atoms with Crippen LogP contribution in [0.5, 0.6) is 0 Å². The van der Waals surface area contributed by atoms with Crippen LogP contribution < -0.4 is 16.0 Å². The van der Waals surface area contributed by atoms with E-state index in [9.17, 15) is 9.90 Å². The van der Waals surface area contributed by atoms with E-state index in [0.717, 1.165) is 35.9 Å². The molecule has 7 nitrogen and oxygen atoms in total. The molecule has 0 bridgehead atoms. The van der Waals surface area contributed by atoms with Gasteiger partial charge in [0, 0.05) is 66.3 Å². The fourth-order valence-electron chi connectivity index (χ4n) is 6.13. The minimum absolute atomic E-state index is 0.0119. The lowest BCUT2D eigenvalue weighted by Crippen LogP contribution is -2.54. The molecule has 0 unspecified atom stereocenters. The van der Waals surface area contributed by atoms with Gasteiger partial charge in [-0.25, -0.2) is 4.99 Å². The number of amides is 1. The molecule has 2 fully saturated rings. The van der Waals surface area contributed by atoms with Crippen molar-refractivity contribution in [2.24, 2.45) is 10.9 Å². The molecule has 2 aromatic carbocycles. The number of carbonyl (C=O) groups is 1. The van der Waals surface area contributed by atoms with E-state index in [-0.39, 0.29) is 17.7 Å². The van der Waals surface area contributed by atoms with Crippen molar-refractivity contribution in [2.45, 2.75) is 30.8 Å². The van der Waals surface area contributed by atoms with Gasteiger partial charge in [-0.2, -0.15) is 0 Å². The van der Waals surface area contributed by atoms with E-state index < -0.39 is 5.60 Å². The predicted octanol–water partition coefficient (Wildman–Crippen LogP) is 2.51. The molecular weight excluding hydrogens is 498 g/mol. The smallest absolute Gasteiger partial charge is 0.226 e. The van der Waals surface area contributed by atoms with Crippen molar-refractivity contribution >= 4 is 23.7 Å². The lowest BCUT2D eigenvalue weighted by atomic mass is 9.80. The first-order valence-corrected chi connectivity index (χ1v) is 13.9. The Hall–Kier alpha value is -3.13. The van der Waals surface area contributed by atoms with Gasteiger partial charge >= 0.3 is 0 Å². The number of hydrogen-bond donors (Lipinski definition) is 2. The molecule has 0 spiro atoms. The van der Waals surface area contributed by atoms with Crippen molar-refractivity contribution in [2.75, 3.05) is 39.4 Å². The van der Waals surface area contributed by atoms with E-state index in [1.807, 2.05) is 59.6 Å². The summed E-state index contributed by atoms with van der Waals surface area (Å²) in [6.45, 7) is 3.86. The number of nitrogens with zero attached hydrogens (tertiary/aromatic N) is 4. The molecule has 0 radical (unpaired) electrons. The van der Waals surface area contributed by atoms with Gasteiger partial charge in [0.1, 0.15) is 12.2 Å². The SMILES string of the molecule is O=C([C@@H]1CCNC[C@H]1c1ccccc1)N1CCC(O)(CN2C=c3ccn(-c4ccc(Cl)cc4)c3=NC2)CC1. The van der Waals surface area contributed by atoms with E-state index in [0.29, 0.717) is 44.2 Å². The summed E-state index contributed by atoms with van der Waals surface area (Å²) < 4.78 is 2.06. The number of likely N-dealkylation sites (tertiary alicyclic amines) is 1. The van der Waals surface area contributed by atoms with Crippen molar-refractivity contribution in [3.63, 3.8) is 0 Å². The minimum Gasteiger partial charge on any atom is -0.388 e. The van der Waals surface area contributed by atoms with Gasteiger partial charge in [0.25, 0.3) is 0 Å². The lowest BCUT2D eigenvalue weighted by molar-refractivity contribution is -0.141. The molecule has 2 N–H and O–H groups in total. The number of nitrogens with one attached hydrogen (secondary N) is 1. The van der Waals surface area contributed by atoms with Gasteiger partial charge in [-0.1, -0.05) is 41.9 Å². The Labute approximate surface area is 228 Å². The highest BCUT2D eigenvalue weighted by Gasteiger charge is 2.39. The largest absolute Gasteiger partial charge is 0.388 e. The number of fused-ring (bicyclic) bond motifs is 1. The zero-order valence-electron chi connectivity index (χ0n) is 21.5. The van der Waals surface area contributed by atoms with Crippen LogP contribution in [0.2, 0.25) is 5.02 Å². The maximum atomic E-state index is 13.6. The molecule has 2 atom stereocenters. The van der Waals surface area contributed by atoms with Crippen LogP contribution in [0.1, 0.15) is 30.7 Å². The van der Waals surface area contributed by atoms with Crippen LogP contribution >= 0.6 is 11.6 Å². The molecule has 1 aromatic heterocycles. The van der Waals surface area contributed by atoms with E-state index in [4.69, 9.17) is 16.6 Å². The van der Waals surface area contributed by atoms with Crippen LogP contribution in [0.4, 0.5) is 0 Å². The van der Waals surface area contributed by atoms with Gasteiger partial charge in [0.2, 0.25) is 5.91 Å². The molecule has 198 valence electrons. The topological polar surface area (TPSA) is 73.1 Å². The second-order valence-electron chi connectivity index (χ2n) is 10.8. The Morgan fingerprint density at radius 1 is 1.08 bits per heavy atom. The van der Waals surface area contributed by atoms with Crippen LogP contribution in [0, 0.1) is 5.92 Å². The van der Waals surface area contributed by atoms with Gasteiger partial charge in [0.05, 0.1) is 5.60 Å². The number of piperidine rings is 2. The highest BCUT2D eigenvalue weighted by atomic mass is 35.5. The average Bonchev–Trinajstić information content (AvgIpc) is 3.37. The third-order valence-electron chi connectivity index (χ3n) is 8.25. The summed E-state index contributed by atoms with van der Waals surface area (Å²) in [7, 11) is 0. The van der Waals surface area contributed by atoms with Crippen molar-refractivity contribution in [3.8, 4) is 5.69 Å². The Kier molecular flexibility index (Phi) is 6.99. The molecule has 8 heteroatoms. The summed E-state index contributed by atoms with van der Waals surface area (Å²) >= 11 is 6.05. The summed E-state index contributed by atoms with van der Waals surface area (Å²) in [5.41, 5.74) is 2.30. The maximum Gasteiger partial charge on any atom is 0.226 e. The standard InChI is InChI=1S/C30H34ClN5O2/c31-24-6-8-25(9-7-24)36-15-11-23-19-34(21-33-28(23)36)20-30(38)12-16-35(17-13-30)29(37)26-10-14-32-18-27(26)22-4-2-1-3-5-22/h1-9,11,15,19,26-27,32,38H,10,12-14,16-18,20-21H2/t26-,27+/m1/s1. The third-order valence-corrected chi connectivity index (χ3v) is 8.50. The van der Waals surface area contributed by atoms with Crippen molar-refractivity contribution < 1.29 is 9.90 Å². The Bertz CT molecular complexity index is 1400. The number of carbonyl (C=O) groups excluding carboxylic acids is 1. The van der Waals surface area contributed by atoms with Gasteiger partial charge in [-0.05, 0) is 61.7 Å². The summed E-state index contributed by atoms with van der Waals surface area (Å²) in [5, 5.41) is 16.6. The summed E-state index contributed by atoms with van der Waals surface area (Å²) in [6, 6.07) is 20.1. The number of rotatable bonds is 5. The van der Waals surface area contributed by atoms with Crippen LogP contribution in [0.25, 0.3) is 11.9 Å². The molecule has 1 amide bonds. The molecular formula is C30H34ClN5O2. The van der Waals surface area contributed by atoms with E-state index in [1.165, 1.54) is 5.56 Å². The number of aromatic nitrogens is 1. The summed E-state index contributed by atoms with van der Waals surface area (Å²) in [6.07, 6.45) is 6.09. The van der Waals surface area contributed by atoms with Gasteiger partial charge in [-0.3, -0.25) is 4.79 Å². The fraction of sp³-hybridized carbons (Fsp3) is 0.400. The molecule has 4 heterocycles. The molecule has 38 heavy (non-hydrogen) atoms. The van der Waals surface area contributed by atoms with E-state index in [2.05, 4.69) is 33.1 Å². The molecule has 0 aliphatic carbocycles. The Balaban J connectivity index is 1.10. The maximum absolute atomic E-state index is 13.6. The second kappa shape index (κ2) is 10.6. The zero-order valence-corrected chi connectivity index (χ0v) is 22.2. The van der Waals surface area contributed by atoms with Crippen molar-refractivity contribution in [1.29, 1.82) is 0 Å². The molecule has 3 aliphatic rings. The number of benzene rings is 2. The molecule has 3 aromatic rings. The third kappa shape index (κ3) is 5.10. The van der Waals surface area contributed by atoms with Gasteiger partial charge < -0.3 is 24.8 Å². The van der Waals surface area contributed by atoms with Crippen LogP contribution in [-0.4, -0.2) is 70.4 Å². The quantitative estimate of drug-likeness (QED) is 0.531. The van der Waals surface area contributed by atoms with Gasteiger partial charge in [-0.15, -0.1) is 0 Å². The highest BCUT2D eigenvalue weighted by Crippen LogP contribution is 2.33. The average molecular weight is 532 g/mol. The normalized spacial score (nSPS) is 22.8. The first kappa shape index (κ1) is 25.2. The lowest BCUT2D eigenvalue weighted by Gasteiger charge is -2.43. The molecule has 2 saturated heterocycles. The number of hydrogen-bond acceptors (Lipinski definition) is 5. The monoisotopic (exact) mass is 531 g/mol. The van der Waals surface area contributed by atoms with Crippen LogP contribution in [-0.2, 0) is 4.79 Å². The molecule has 3 aliphatic heterocycles. The Morgan fingerprint density at radius 3 is 2.61 bits per heavy atom. The first-order valence-electron chi connectivity index (χ1n) is 13.5. The zero-order chi connectivity index (χ0) is 26.1. The predicted molar refractivity (Wildman–Crippen MR) is 149 cm³/mol. The van der Waals surface area contributed by atoms with Crippen LogP contribution in [0.3, 0.4) is 0 Å². The van der Waals surface area contributed by atoms with Crippen molar-refractivity contribution in [1.82, 2.24) is 19.7 Å². The summed E-state index contributed by atoms with van der Waals surface area (Å²) in [4.78, 5) is 22.5. The number of aliphatic hydroxyl groups is 1. The van der Waals surface area contributed by atoms with Crippen molar-refractivity contribution in [3.05, 3.63) is 88.2 Å². The second-order valence-corrected chi connectivity index (χ2v) is 11.2. The Morgan fingerprint density at radius 2 is 1.84 bits per heavy atom. The molecule has 6 rings (SSSR count). The fourth-order valence-corrected chi connectivity index (χ4v) is 6.25. The van der Waals surface area contributed by atoms with E-state index >= 15 is 0 Å². The number of halogens is 1. The highest BCUT2D eigenvalue weighted by molar-refractivity contribution is 6.30. The van der Waals surface area contributed by atoms with E-state index in [1.54, 1.807) is 0 Å². The number of β-amino-alcohol motifs (C(OH)–C–C–N with tert-alkyl or cyclic N) is 1. The molecule has 0 saturated carbocycles. The van der Waals surface area contributed by atoms with Crippen LogP contribution in [0.15, 0.2) is 71.9 Å². The first-order chi connectivity index (χ1) is 18.5. The summed E-state index contributed by atoms with van der Waals surface area (Å²) in [5.74, 6) is 0.412. The van der Waals surface area contributed by atoms with Gasteiger partial charge in [0.15, 0.2) is 0 Å². The minimum atomic E-state index is -0.841.